The summed E-state index contributed by atoms with van der Waals surface area (Å²) >= 11 is 0. The highest BCUT2D eigenvalue weighted by molar-refractivity contribution is 5.85. The van der Waals surface area contributed by atoms with E-state index in [1.807, 2.05) is 35.2 Å². The Bertz CT molecular complexity index is 457. The van der Waals surface area contributed by atoms with Gasteiger partial charge in [0.05, 0.1) is 6.17 Å². The molecule has 0 spiro atoms. The summed E-state index contributed by atoms with van der Waals surface area (Å²) in [6.45, 7) is 4.58. The summed E-state index contributed by atoms with van der Waals surface area (Å²) in [6.07, 6.45) is 2.23. The lowest BCUT2D eigenvalue weighted by Crippen LogP contribution is -2.39. The van der Waals surface area contributed by atoms with Crippen molar-refractivity contribution in [1.29, 1.82) is 0 Å². The van der Waals surface area contributed by atoms with Gasteiger partial charge in [-0.05, 0) is 31.2 Å². The van der Waals surface area contributed by atoms with Gasteiger partial charge in [-0.1, -0.05) is 30.3 Å². The largest absolute Gasteiger partial charge is 0.381 e. The summed E-state index contributed by atoms with van der Waals surface area (Å²) in [4.78, 5) is 14.6. The van der Waals surface area contributed by atoms with Gasteiger partial charge < -0.3 is 9.64 Å². The molecular formula is C16H22N2O2. The number of ether oxygens (including phenoxy) is 1. The third-order valence-electron chi connectivity index (χ3n) is 4.33. The van der Waals surface area contributed by atoms with Gasteiger partial charge in [0.1, 0.15) is 6.04 Å². The number of nitrogens with zero attached hydrogens (tertiary/aromatic N) is 1. The van der Waals surface area contributed by atoms with E-state index in [1.165, 1.54) is 0 Å². The van der Waals surface area contributed by atoms with Gasteiger partial charge in [-0.2, -0.15) is 0 Å². The number of amides is 1. The van der Waals surface area contributed by atoms with Crippen molar-refractivity contribution in [2.45, 2.75) is 32.0 Å². The summed E-state index contributed by atoms with van der Waals surface area (Å²) in [6, 6.07) is 9.78. The topological polar surface area (TPSA) is 41.6 Å². The van der Waals surface area contributed by atoms with Crippen LogP contribution in [0.1, 0.15) is 31.4 Å². The van der Waals surface area contributed by atoms with Crippen molar-refractivity contribution in [3.05, 3.63) is 35.9 Å². The minimum absolute atomic E-state index is 0.107. The molecule has 1 N–H and O–H groups in total. The van der Waals surface area contributed by atoms with Crippen molar-refractivity contribution in [2.24, 2.45) is 5.92 Å². The SMILES string of the molecule is CC1NC(c2ccccc2)C(=O)N1CC1CCOCC1. The lowest BCUT2D eigenvalue weighted by atomic mass is 9.99. The van der Waals surface area contributed by atoms with Gasteiger partial charge in [-0.25, -0.2) is 0 Å². The van der Waals surface area contributed by atoms with Crippen LogP contribution in [0.15, 0.2) is 30.3 Å². The molecule has 0 aromatic heterocycles. The third kappa shape index (κ3) is 2.72. The van der Waals surface area contributed by atoms with Crippen molar-refractivity contribution in [3.63, 3.8) is 0 Å². The molecule has 4 heteroatoms. The Kier molecular flexibility index (Phi) is 4.03. The fraction of sp³-hybridized carbons (Fsp3) is 0.562. The molecule has 3 rings (SSSR count). The molecule has 2 saturated heterocycles. The number of hydrogen-bond donors (Lipinski definition) is 1. The first-order valence-electron chi connectivity index (χ1n) is 7.45. The van der Waals surface area contributed by atoms with Crippen LogP contribution in [-0.4, -0.2) is 36.7 Å². The summed E-state index contributed by atoms with van der Waals surface area (Å²) in [5.74, 6) is 0.779. The molecule has 2 aliphatic rings. The van der Waals surface area contributed by atoms with Crippen LogP contribution < -0.4 is 5.32 Å². The van der Waals surface area contributed by atoms with Crippen LogP contribution in [0, 0.1) is 5.92 Å². The molecule has 20 heavy (non-hydrogen) atoms. The molecule has 1 amide bonds. The Balaban J connectivity index is 1.68. The molecule has 2 atom stereocenters. The van der Waals surface area contributed by atoms with E-state index in [2.05, 4.69) is 12.2 Å². The molecule has 4 nitrogen and oxygen atoms in total. The Labute approximate surface area is 120 Å². The van der Waals surface area contributed by atoms with Crippen LogP contribution in [-0.2, 0) is 9.53 Å². The van der Waals surface area contributed by atoms with Gasteiger partial charge in [-0.15, -0.1) is 0 Å². The molecule has 0 bridgehead atoms. The maximum absolute atomic E-state index is 12.6. The van der Waals surface area contributed by atoms with Crippen LogP contribution in [0.4, 0.5) is 0 Å². The number of carbonyl (C=O) groups is 1. The Morgan fingerprint density at radius 2 is 1.95 bits per heavy atom. The van der Waals surface area contributed by atoms with Crippen LogP contribution in [0.5, 0.6) is 0 Å². The summed E-state index contributed by atoms with van der Waals surface area (Å²) < 4.78 is 5.39. The van der Waals surface area contributed by atoms with Gasteiger partial charge in [0.2, 0.25) is 5.91 Å². The zero-order valence-electron chi connectivity index (χ0n) is 11.9. The zero-order chi connectivity index (χ0) is 13.9. The third-order valence-corrected chi connectivity index (χ3v) is 4.33. The van der Waals surface area contributed by atoms with E-state index in [0.29, 0.717) is 5.92 Å². The molecule has 1 aromatic carbocycles. The molecular weight excluding hydrogens is 252 g/mol. The Morgan fingerprint density at radius 1 is 1.25 bits per heavy atom. The molecule has 0 aliphatic carbocycles. The monoisotopic (exact) mass is 274 g/mol. The summed E-state index contributed by atoms with van der Waals surface area (Å²) in [5.41, 5.74) is 1.05. The minimum Gasteiger partial charge on any atom is -0.381 e. The van der Waals surface area contributed by atoms with Crippen molar-refractivity contribution >= 4 is 5.91 Å². The molecule has 108 valence electrons. The van der Waals surface area contributed by atoms with Crippen LogP contribution in [0.3, 0.4) is 0 Å². The highest BCUT2D eigenvalue weighted by atomic mass is 16.5. The lowest BCUT2D eigenvalue weighted by Gasteiger charge is -2.29. The molecule has 0 radical (unpaired) electrons. The Hall–Kier alpha value is -1.39. The first-order valence-corrected chi connectivity index (χ1v) is 7.45. The molecule has 0 saturated carbocycles. The quantitative estimate of drug-likeness (QED) is 0.916. The van der Waals surface area contributed by atoms with Crippen LogP contribution >= 0.6 is 0 Å². The van der Waals surface area contributed by atoms with Crippen molar-refractivity contribution < 1.29 is 9.53 Å². The van der Waals surface area contributed by atoms with Gasteiger partial charge in [-0.3, -0.25) is 10.1 Å². The normalized spacial score (nSPS) is 28.1. The van der Waals surface area contributed by atoms with Crippen molar-refractivity contribution in [1.82, 2.24) is 10.2 Å². The second-order valence-corrected chi connectivity index (χ2v) is 5.73. The van der Waals surface area contributed by atoms with Gasteiger partial charge in [0, 0.05) is 19.8 Å². The van der Waals surface area contributed by atoms with Crippen LogP contribution in [0.2, 0.25) is 0 Å². The second-order valence-electron chi connectivity index (χ2n) is 5.73. The predicted octanol–water partition coefficient (Wildman–Crippen LogP) is 1.93. The number of hydrogen-bond acceptors (Lipinski definition) is 3. The first kappa shape index (κ1) is 13.6. The van der Waals surface area contributed by atoms with E-state index in [4.69, 9.17) is 4.74 Å². The van der Waals surface area contributed by atoms with Crippen molar-refractivity contribution in [2.75, 3.05) is 19.8 Å². The summed E-state index contributed by atoms with van der Waals surface area (Å²) in [7, 11) is 0. The molecule has 1 aromatic rings. The fourth-order valence-electron chi connectivity index (χ4n) is 3.10. The van der Waals surface area contributed by atoms with E-state index >= 15 is 0 Å². The smallest absolute Gasteiger partial charge is 0.245 e. The average Bonchev–Trinajstić information content (AvgIpc) is 2.77. The Morgan fingerprint density at radius 3 is 2.65 bits per heavy atom. The fourth-order valence-corrected chi connectivity index (χ4v) is 3.10. The van der Waals surface area contributed by atoms with E-state index in [9.17, 15) is 4.79 Å². The number of carbonyl (C=O) groups excluding carboxylic acids is 1. The minimum atomic E-state index is -0.189. The van der Waals surface area contributed by atoms with Gasteiger partial charge in [0.25, 0.3) is 0 Å². The van der Waals surface area contributed by atoms with E-state index < -0.39 is 0 Å². The average molecular weight is 274 g/mol. The highest BCUT2D eigenvalue weighted by Crippen LogP contribution is 2.26. The lowest BCUT2D eigenvalue weighted by molar-refractivity contribution is -0.131. The van der Waals surface area contributed by atoms with Crippen LogP contribution in [0.25, 0.3) is 0 Å². The number of benzene rings is 1. The molecule has 2 fully saturated rings. The molecule has 2 aliphatic heterocycles. The zero-order valence-corrected chi connectivity index (χ0v) is 11.9. The van der Waals surface area contributed by atoms with Gasteiger partial charge in [0.15, 0.2) is 0 Å². The second kappa shape index (κ2) is 5.94. The van der Waals surface area contributed by atoms with E-state index in [1.54, 1.807) is 0 Å². The maximum Gasteiger partial charge on any atom is 0.245 e. The predicted molar refractivity (Wildman–Crippen MR) is 77.0 cm³/mol. The molecule has 2 heterocycles. The number of rotatable bonds is 3. The summed E-state index contributed by atoms with van der Waals surface area (Å²) in [5, 5.41) is 3.40. The maximum atomic E-state index is 12.6. The molecule has 2 unspecified atom stereocenters. The number of nitrogens with one attached hydrogen (secondary N) is 1. The van der Waals surface area contributed by atoms with Gasteiger partial charge >= 0.3 is 0 Å². The first-order chi connectivity index (χ1) is 9.75. The highest BCUT2D eigenvalue weighted by Gasteiger charge is 2.38. The van der Waals surface area contributed by atoms with E-state index in [-0.39, 0.29) is 18.1 Å². The standard InChI is InChI=1S/C16H22N2O2/c1-12-17-15(14-5-3-2-4-6-14)16(19)18(12)11-13-7-9-20-10-8-13/h2-6,12-13,15,17H,7-11H2,1H3. The van der Waals surface area contributed by atoms with E-state index in [0.717, 1.165) is 38.2 Å². The van der Waals surface area contributed by atoms with Crippen molar-refractivity contribution in [3.8, 4) is 0 Å².